The summed E-state index contributed by atoms with van der Waals surface area (Å²) < 4.78 is 0. The monoisotopic (exact) mass is 365 g/mol. The Kier molecular flexibility index (Phi) is 4.80. The molecular formula is C14H9Cl2N5OS. The Morgan fingerprint density at radius 1 is 1.17 bits per heavy atom. The average Bonchev–Trinajstić information content (AvgIpc) is 2.94. The van der Waals surface area contributed by atoms with Crippen molar-refractivity contribution in [2.24, 2.45) is 0 Å². The molecule has 0 aliphatic carbocycles. The first kappa shape index (κ1) is 15.8. The molecule has 2 aromatic heterocycles. The molecular weight excluding hydrogens is 357 g/mol. The van der Waals surface area contributed by atoms with Crippen LogP contribution in [0.5, 0.6) is 0 Å². The van der Waals surface area contributed by atoms with Gasteiger partial charge in [-0.1, -0.05) is 46.7 Å². The number of benzene rings is 1. The summed E-state index contributed by atoms with van der Waals surface area (Å²) in [5.74, 6) is -0.478. The molecule has 0 spiro atoms. The predicted molar refractivity (Wildman–Crippen MR) is 89.2 cm³/mol. The minimum atomic E-state index is -0.478. The van der Waals surface area contributed by atoms with Crippen LogP contribution in [0.4, 0.5) is 5.13 Å². The van der Waals surface area contributed by atoms with Crippen LogP contribution >= 0.6 is 34.5 Å². The van der Waals surface area contributed by atoms with Crippen molar-refractivity contribution in [1.82, 2.24) is 20.2 Å². The lowest BCUT2D eigenvalue weighted by atomic mass is 10.2. The fraction of sp³-hybridized carbons (Fsp3) is 0.0714. The van der Waals surface area contributed by atoms with Gasteiger partial charge in [0.2, 0.25) is 5.13 Å². The maximum absolute atomic E-state index is 12.1. The Labute approximate surface area is 145 Å². The van der Waals surface area contributed by atoms with Crippen LogP contribution in [-0.4, -0.2) is 26.1 Å². The van der Waals surface area contributed by atoms with E-state index in [-0.39, 0.29) is 10.8 Å². The van der Waals surface area contributed by atoms with Gasteiger partial charge in [-0.15, -0.1) is 10.2 Å². The molecule has 0 unspecified atom stereocenters. The lowest BCUT2D eigenvalue weighted by molar-refractivity contribution is 0.102. The number of nitrogens with zero attached hydrogens (tertiary/aromatic N) is 4. The zero-order valence-corrected chi connectivity index (χ0v) is 13.9. The van der Waals surface area contributed by atoms with E-state index in [1.165, 1.54) is 23.7 Å². The molecule has 9 heteroatoms. The van der Waals surface area contributed by atoms with Crippen LogP contribution in [0.15, 0.2) is 36.7 Å². The maximum atomic E-state index is 12.1. The van der Waals surface area contributed by atoms with E-state index in [2.05, 4.69) is 25.5 Å². The molecule has 0 atom stereocenters. The molecule has 2 heterocycles. The highest BCUT2D eigenvalue weighted by molar-refractivity contribution is 7.15. The molecule has 3 rings (SSSR count). The Balaban J connectivity index is 1.70. The first-order chi connectivity index (χ1) is 11.1. The van der Waals surface area contributed by atoms with Gasteiger partial charge in [-0.05, 0) is 17.7 Å². The third-order valence-electron chi connectivity index (χ3n) is 2.80. The van der Waals surface area contributed by atoms with Gasteiger partial charge in [0.25, 0.3) is 5.91 Å². The van der Waals surface area contributed by atoms with Gasteiger partial charge >= 0.3 is 0 Å². The second kappa shape index (κ2) is 6.99. The van der Waals surface area contributed by atoms with Gasteiger partial charge in [-0.25, -0.2) is 9.97 Å². The van der Waals surface area contributed by atoms with Gasteiger partial charge in [-0.2, -0.15) is 0 Å². The number of rotatable bonds is 4. The number of halogens is 2. The predicted octanol–water partition coefficient (Wildman–Crippen LogP) is 3.48. The quantitative estimate of drug-likeness (QED) is 0.765. The highest BCUT2D eigenvalue weighted by Crippen LogP contribution is 2.21. The molecule has 0 saturated heterocycles. The lowest BCUT2D eigenvalue weighted by Crippen LogP contribution is -2.14. The van der Waals surface area contributed by atoms with E-state index < -0.39 is 5.91 Å². The largest absolute Gasteiger partial charge is 0.295 e. The summed E-state index contributed by atoms with van der Waals surface area (Å²) in [6.07, 6.45) is 3.39. The fourth-order valence-electron chi connectivity index (χ4n) is 1.83. The highest BCUT2D eigenvalue weighted by atomic mass is 35.5. The molecule has 0 fully saturated rings. The van der Waals surface area contributed by atoms with Crippen LogP contribution in [-0.2, 0) is 6.42 Å². The standard InChI is InChI=1S/C14H9Cl2N5OS/c15-9-3-1-2-8(6-9)7-10-20-21-14(23-10)19-13(22)11-12(16)18-5-4-17-11/h1-6H,7H2,(H,19,21,22). The van der Waals surface area contributed by atoms with Crippen molar-refractivity contribution in [3.8, 4) is 0 Å². The SMILES string of the molecule is O=C(Nc1nnc(Cc2cccc(Cl)c2)s1)c1nccnc1Cl. The molecule has 0 radical (unpaired) electrons. The summed E-state index contributed by atoms with van der Waals surface area (Å²) in [6.45, 7) is 0. The third-order valence-corrected chi connectivity index (χ3v) is 4.15. The zero-order chi connectivity index (χ0) is 16.2. The number of aromatic nitrogens is 4. The Morgan fingerprint density at radius 3 is 2.78 bits per heavy atom. The van der Waals surface area contributed by atoms with Crippen molar-refractivity contribution >= 4 is 45.6 Å². The first-order valence-electron chi connectivity index (χ1n) is 6.46. The van der Waals surface area contributed by atoms with Crippen LogP contribution < -0.4 is 5.32 Å². The van der Waals surface area contributed by atoms with Crippen LogP contribution in [0.3, 0.4) is 0 Å². The zero-order valence-electron chi connectivity index (χ0n) is 11.5. The number of anilines is 1. The van der Waals surface area contributed by atoms with Crippen molar-refractivity contribution in [2.75, 3.05) is 5.32 Å². The summed E-state index contributed by atoms with van der Waals surface area (Å²) in [5, 5.41) is 12.4. The molecule has 0 aliphatic rings. The summed E-state index contributed by atoms with van der Waals surface area (Å²) in [7, 11) is 0. The third kappa shape index (κ3) is 4.01. The van der Waals surface area contributed by atoms with Crippen molar-refractivity contribution in [1.29, 1.82) is 0 Å². The van der Waals surface area contributed by atoms with Gasteiger partial charge in [0.1, 0.15) is 5.01 Å². The van der Waals surface area contributed by atoms with Crippen LogP contribution in [0.1, 0.15) is 21.1 Å². The van der Waals surface area contributed by atoms with E-state index in [9.17, 15) is 4.79 Å². The summed E-state index contributed by atoms with van der Waals surface area (Å²) in [4.78, 5) is 19.8. The Morgan fingerprint density at radius 2 is 2.00 bits per heavy atom. The Hall–Kier alpha value is -2.09. The van der Waals surface area contributed by atoms with Gasteiger partial charge in [-0.3, -0.25) is 10.1 Å². The smallest absolute Gasteiger partial charge is 0.279 e. The van der Waals surface area contributed by atoms with E-state index in [0.717, 1.165) is 10.6 Å². The molecule has 0 aliphatic heterocycles. The van der Waals surface area contributed by atoms with E-state index in [4.69, 9.17) is 23.2 Å². The normalized spacial score (nSPS) is 10.5. The molecule has 3 aromatic rings. The summed E-state index contributed by atoms with van der Waals surface area (Å²) in [6, 6.07) is 7.49. The van der Waals surface area contributed by atoms with E-state index in [0.29, 0.717) is 16.6 Å². The minimum absolute atomic E-state index is 0.0358. The number of nitrogens with one attached hydrogen (secondary N) is 1. The van der Waals surface area contributed by atoms with Gasteiger partial charge < -0.3 is 0 Å². The molecule has 6 nitrogen and oxygen atoms in total. The van der Waals surface area contributed by atoms with E-state index >= 15 is 0 Å². The molecule has 116 valence electrons. The van der Waals surface area contributed by atoms with Gasteiger partial charge in [0.15, 0.2) is 10.8 Å². The molecule has 1 N–H and O–H groups in total. The summed E-state index contributed by atoms with van der Waals surface area (Å²) >= 11 is 13.1. The number of hydrogen-bond acceptors (Lipinski definition) is 6. The second-order valence-electron chi connectivity index (χ2n) is 4.46. The van der Waals surface area contributed by atoms with E-state index in [1.54, 1.807) is 6.07 Å². The molecule has 1 aromatic carbocycles. The number of hydrogen-bond donors (Lipinski definition) is 1. The number of carbonyl (C=O) groups excluding carboxylic acids is 1. The van der Waals surface area contributed by atoms with Crippen LogP contribution in [0.25, 0.3) is 0 Å². The summed E-state index contributed by atoms with van der Waals surface area (Å²) in [5.41, 5.74) is 1.06. The molecule has 0 saturated carbocycles. The fourth-order valence-corrected chi connectivity index (χ4v) is 3.00. The van der Waals surface area contributed by atoms with Gasteiger partial charge in [0, 0.05) is 23.8 Å². The molecule has 1 amide bonds. The van der Waals surface area contributed by atoms with Crippen LogP contribution in [0.2, 0.25) is 10.2 Å². The first-order valence-corrected chi connectivity index (χ1v) is 8.04. The van der Waals surface area contributed by atoms with Gasteiger partial charge in [0.05, 0.1) is 0 Å². The van der Waals surface area contributed by atoms with Crippen molar-refractivity contribution < 1.29 is 4.79 Å². The Bertz CT molecular complexity index is 854. The maximum Gasteiger partial charge on any atom is 0.279 e. The van der Waals surface area contributed by atoms with Crippen molar-refractivity contribution in [3.63, 3.8) is 0 Å². The van der Waals surface area contributed by atoms with E-state index in [1.807, 2.05) is 18.2 Å². The van der Waals surface area contributed by atoms with Crippen molar-refractivity contribution in [3.05, 3.63) is 63.1 Å². The topological polar surface area (TPSA) is 80.7 Å². The van der Waals surface area contributed by atoms with Crippen LogP contribution in [0, 0.1) is 0 Å². The number of amides is 1. The second-order valence-corrected chi connectivity index (χ2v) is 6.31. The van der Waals surface area contributed by atoms with Crippen molar-refractivity contribution in [2.45, 2.75) is 6.42 Å². The highest BCUT2D eigenvalue weighted by Gasteiger charge is 2.15. The molecule has 23 heavy (non-hydrogen) atoms. The lowest BCUT2D eigenvalue weighted by Gasteiger charge is -2.00. The molecule has 0 bridgehead atoms. The average molecular weight is 366 g/mol. The number of carbonyl (C=O) groups is 1. The minimum Gasteiger partial charge on any atom is -0.295 e.